The van der Waals surface area contributed by atoms with Crippen molar-refractivity contribution in [3.05, 3.63) is 83.2 Å². The average molecular weight is 413 g/mol. The van der Waals surface area contributed by atoms with Crippen molar-refractivity contribution in [1.82, 2.24) is 20.2 Å². The summed E-state index contributed by atoms with van der Waals surface area (Å²) in [5.41, 5.74) is 4.93. The van der Waals surface area contributed by atoms with Crippen molar-refractivity contribution in [2.45, 2.75) is 32.5 Å². The minimum Gasteiger partial charge on any atom is -0.387 e. The third-order valence-electron chi connectivity index (χ3n) is 5.85. The molecule has 6 heteroatoms. The van der Waals surface area contributed by atoms with Crippen LogP contribution in [0, 0.1) is 6.92 Å². The van der Waals surface area contributed by atoms with Crippen LogP contribution < -0.4 is 16.0 Å². The molecule has 2 aliphatic rings. The highest BCUT2D eigenvalue weighted by Crippen LogP contribution is 2.28. The lowest BCUT2D eigenvalue weighted by atomic mass is 10.1. The number of aryl methyl sites for hydroxylation is 1. The highest BCUT2D eigenvalue weighted by atomic mass is 15.2. The maximum Gasteiger partial charge on any atom is 0.134 e. The zero-order valence-electron chi connectivity index (χ0n) is 17.8. The van der Waals surface area contributed by atoms with Gasteiger partial charge in [-0.1, -0.05) is 30.3 Å². The van der Waals surface area contributed by atoms with Crippen LogP contribution in [-0.4, -0.2) is 34.0 Å². The van der Waals surface area contributed by atoms with Gasteiger partial charge < -0.3 is 16.0 Å². The van der Waals surface area contributed by atoms with Gasteiger partial charge in [-0.25, -0.2) is 9.97 Å². The fraction of sp³-hybridized carbons (Fsp3) is 0.280. The molecule has 3 N–H and O–H groups in total. The number of benzene rings is 1. The molecule has 158 valence electrons. The van der Waals surface area contributed by atoms with E-state index < -0.39 is 0 Å². The van der Waals surface area contributed by atoms with Gasteiger partial charge in [-0.3, -0.25) is 4.90 Å². The van der Waals surface area contributed by atoms with E-state index in [1.165, 1.54) is 22.3 Å². The van der Waals surface area contributed by atoms with Gasteiger partial charge in [-0.2, -0.15) is 0 Å². The molecule has 1 aromatic carbocycles. The maximum atomic E-state index is 4.93. The molecule has 1 unspecified atom stereocenters. The first-order valence-electron chi connectivity index (χ1n) is 10.9. The van der Waals surface area contributed by atoms with Crippen LogP contribution in [0.4, 0.5) is 17.5 Å². The SMILES string of the molecule is Cc1ccnc(Nc2cc3c(c(NC4CCN(Cc5ccccc5)C4)n2)CNC=C3)c1. The van der Waals surface area contributed by atoms with E-state index in [9.17, 15) is 0 Å². The Balaban J connectivity index is 1.33. The first kappa shape index (κ1) is 19.6. The molecule has 1 fully saturated rings. The summed E-state index contributed by atoms with van der Waals surface area (Å²) in [6.45, 7) is 5.96. The Kier molecular flexibility index (Phi) is 5.54. The number of likely N-dealkylation sites (tertiary alicyclic amines) is 1. The minimum absolute atomic E-state index is 0.388. The molecule has 3 aromatic rings. The molecule has 31 heavy (non-hydrogen) atoms. The van der Waals surface area contributed by atoms with Crippen molar-refractivity contribution in [3.8, 4) is 0 Å². The zero-order valence-corrected chi connectivity index (χ0v) is 17.8. The third kappa shape index (κ3) is 4.70. The molecule has 0 saturated carbocycles. The predicted molar refractivity (Wildman–Crippen MR) is 126 cm³/mol. The molecule has 1 saturated heterocycles. The molecule has 2 aliphatic heterocycles. The van der Waals surface area contributed by atoms with Gasteiger partial charge in [0, 0.05) is 44.0 Å². The van der Waals surface area contributed by atoms with E-state index >= 15 is 0 Å². The fourth-order valence-corrected chi connectivity index (χ4v) is 4.28. The van der Waals surface area contributed by atoms with E-state index in [4.69, 9.17) is 4.98 Å². The highest BCUT2D eigenvalue weighted by molar-refractivity contribution is 5.69. The number of anilines is 3. The Morgan fingerprint density at radius 2 is 2.03 bits per heavy atom. The van der Waals surface area contributed by atoms with Crippen LogP contribution in [0.3, 0.4) is 0 Å². The molecular formula is C25H28N6. The van der Waals surface area contributed by atoms with Crippen molar-refractivity contribution in [2.24, 2.45) is 0 Å². The van der Waals surface area contributed by atoms with Gasteiger partial charge in [0.15, 0.2) is 0 Å². The second-order valence-corrected chi connectivity index (χ2v) is 8.33. The number of hydrogen-bond donors (Lipinski definition) is 3. The minimum atomic E-state index is 0.388. The topological polar surface area (TPSA) is 65.1 Å². The van der Waals surface area contributed by atoms with E-state index in [2.05, 4.69) is 75.2 Å². The maximum absolute atomic E-state index is 4.93. The van der Waals surface area contributed by atoms with Gasteiger partial charge >= 0.3 is 0 Å². The number of aromatic nitrogens is 2. The van der Waals surface area contributed by atoms with Crippen molar-refractivity contribution in [1.29, 1.82) is 0 Å². The molecule has 2 aromatic heterocycles. The summed E-state index contributed by atoms with van der Waals surface area (Å²) in [6.07, 6.45) is 7.04. The Labute approximate surface area is 183 Å². The summed E-state index contributed by atoms with van der Waals surface area (Å²) >= 11 is 0. The summed E-state index contributed by atoms with van der Waals surface area (Å²) < 4.78 is 0. The second-order valence-electron chi connectivity index (χ2n) is 8.33. The number of hydrogen-bond acceptors (Lipinski definition) is 6. The van der Waals surface area contributed by atoms with Crippen LogP contribution in [0.1, 0.15) is 28.7 Å². The summed E-state index contributed by atoms with van der Waals surface area (Å²) in [4.78, 5) is 11.9. The van der Waals surface area contributed by atoms with Crippen molar-refractivity contribution in [3.63, 3.8) is 0 Å². The number of fused-ring (bicyclic) bond motifs is 1. The van der Waals surface area contributed by atoms with E-state index in [0.717, 1.165) is 50.1 Å². The number of pyridine rings is 2. The summed E-state index contributed by atoms with van der Waals surface area (Å²) in [5, 5.41) is 10.4. The molecule has 0 aliphatic carbocycles. The molecule has 1 atom stereocenters. The molecule has 0 radical (unpaired) electrons. The van der Waals surface area contributed by atoms with E-state index in [1.54, 1.807) is 0 Å². The number of rotatable bonds is 6. The lowest BCUT2D eigenvalue weighted by Gasteiger charge is -2.22. The van der Waals surface area contributed by atoms with Crippen molar-refractivity contribution >= 4 is 23.5 Å². The van der Waals surface area contributed by atoms with Crippen LogP contribution in [0.2, 0.25) is 0 Å². The lowest BCUT2D eigenvalue weighted by Crippen LogP contribution is -2.27. The van der Waals surface area contributed by atoms with Crippen LogP contribution in [0.15, 0.2) is 60.9 Å². The van der Waals surface area contributed by atoms with Gasteiger partial charge in [0.2, 0.25) is 0 Å². The molecule has 6 nitrogen and oxygen atoms in total. The van der Waals surface area contributed by atoms with Crippen LogP contribution in [-0.2, 0) is 13.1 Å². The lowest BCUT2D eigenvalue weighted by molar-refractivity contribution is 0.328. The van der Waals surface area contributed by atoms with Crippen LogP contribution in [0.25, 0.3) is 6.08 Å². The molecule has 0 spiro atoms. The quantitative estimate of drug-likeness (QED) is 0.561. The van der Waals surface area contributed by atoms with E-state index in [1.807, 2.05) is 24.5 Å². The van der Waals surface area contributed by atoms with Crippen LogP contribution >= 0.6 is 0 Å². The largest absolute Gasteiger partial charge is 0.387 e. The average Bonchev–Trinajstić information content (AvgIpc) is 3.21. The molecule has 4 heterocycles. The first-order chi connectivity index (χ1) is 15.2. The smallest absolute Gasteiger partial charge is 0.134 e. The summed E-state index contributed by atoms with van der Waals surface area (Å²) in [6, 6.07) is 17.2. The van der Waals surface area contributed by atoms with Gasteiger partial charge in [-0.15, -0.1) is 0 Å². The molecule has 5 rings (SSSR count). The highest BCUT2D eigenvalue weighted by Gasteiger charge is 2.24. The molecule has 0 bridgehead atoms. The normalized spacial score (nSPS) is 17.8. The Morgan fingerprint density at radius 1 is 1.13 bits per heavy atom. The monoisotopic (exact) mass is 412 g/mol. The molecular weight excluding hydrogens is 384 g/mol. The summed E-state index contributed by atoms with van der Waals surface area (Å²) in [5.74, 6) is 2.58. The zero-order chi connectivity index (χ0) is 21.0. The van der Waals surface area contributed by atoms with Gasteiger partial charge in [0.05, 0.1) is 0 Å². The van der Waals surface area contributed by atoms with Gasteiger partial charge in [0.1, 0.15) is 17.5 Å². The Bertz CT molecular complexity index is 1080. The number of nitrogens with one attached hydrogen (secondary N) is 3. The third-order valence-corrected chi connectivity index (χ3v) is 5.85. The van der Waals surface area contributed by atoms with Gasteiger partial charge in [-0.05, 0) is 60.5 Å². The van der Waals surface area contributed by atoms with Crippen molar-refractivity contribution in [2.75, 3.05) is 23.7 Å². The first-order valence-corrected chi connectivity index (χ1v) is 10.9. The van der Waals surface area contributed by atoms with E-state index in [-0.39, 0.29) is 0 Å². The Hall–Kier alpha value is -3.38. The van der Waals surface area contributed by atoms with Gasteiger partial charge in [0.25, 0.3) is 0 Å². The second kappa shape index (κ2) is 8.78. The molecule has 0 amide bonds. The van der Waals surface area contributed by atoms with Crippen molar-refractivity contribution < 1.29 is 0 Å². The standard InChI is InChI=1S/C25H28N6/c1-18-7-11-27-23(13-18)29-24-14-20-8-10-26-15-22(20)25(30-24)28-21-9-12-31(17-21)16-19-5-3-2-4-6-19/h2-8,10-11,13-14,21,26H,9,12,15-17H2,1H3,(H2,27,28,29,30). The van der Waals surface area contributed by atoms with E-state index in [0.29, 0.717) is 6.04 Å². The predicted octanol–water partition coefficient (Wildman–Crippen LogP) is 4.29. The Morgan fingerprint density at radius 3 is 2.90 bits per heavy atom. The summed E-state index contributed by atoms with van der Waals surface area (Å²) in [7, 11) is 0. The number of nitrogens with zero attached hydrogens (tertiary/aromatic N) is 3. The van der Waals surface area contributed by atoms with Crippen LogP contribution in [0.5, 0.6) is 0 Å². The fourth-order valence-electron chi connectivity index (χ4n) is 4.28.